The molecule has 0 fully saturated rings. The van der Waals surface area contributed by atoms with Crippen LogP contribution < -0.4 is 9.64 Å². The minimum Gasteiger partial charge on any atom is -0.494 e. The maximum Gasteiger partial charge on any atom is 0.335 e. The van der Waals surface area contributed by atoms with Gasteiger partial charge in [-0.3, -0.25) is 0 Å². The fourth-order valence-corrected chi connectivity index (χ4v) is 4.42. The molecule has 188 valence electrons. The topological polar surface area (TPSA) is 146 Å². The summed E-state index contributed by atoms with van der Waals surface area (Å²) in [6.07, 6.45) is 0.118. The van der Waals surface area contributed by atoms with Crippen LogP contribution in [0.2, 0.25) is 0 Å². The number of benzene rings is 3. The molecule has 0 aromatic heterocycles. The predicted molar refractivity (Wildman–Crippen MR) is 134 cm³/mol. The Morgan fingerprint density at radius 1 is 0.833 bits per heavy atom. The lowest BCUT2D eigenvalue weighted by atomic mass is 10.1. The van der Waals surface area contributed by atoms with E-state index in [9.17, 15) is 18.0 Å². The summed E-state index contributed by atoms with van der Waals surface area (Å²) >= 11 is 0. The third kappa shape index (κ3) is 7.12. The molecule has 0 aliphatic rings. The molecule has 0 saturated carbocycles. The second kappa shape index (κ2) is 11.5. The van der Waals surface area contributed by atoms with Gasteiger partial charge in [-0.15, -0.1) is 0 Å². The SMILES string of the molecule is CN(C)c1ccc(N=Nc2ccc(S(=O)(=O)CCCOc3cc(C(=O)O)cc(C(=O)O)c3)cc2)cc1. The van der Waals surface area contributed by atoms with E-state index in [1.807, 2.05) is 43.3 Å². The lowest BCUT2D eigenvalue weighted by molar-refractivity contribution is 0.0696. The monoisotopic (exact) mass is 511 g/mol. The highest BCUT2D eigenvalue weighted by Gasteiger charge is 2.15. The fourth-order valence-electron chi connectivity index (χ4n) is 3.14. The average molecular weight is 512 g/mol. The summed E-state index contributed by atoms with van der Waals surface area (Å²) in [4.78, 5) is 24.4. The van der Waals surface area contributed by atoms with Gasteiger partial charge < -0.3 is 19.8 Å². The van der Waals surface area contributed by atoms with Crippen molar-refractivity contribution >= 4 is 38.8 Å². The van der Waals surface area contributed by atoms with Gasteiger partial charge in [-0.2, -0.15) is 10.2 Å². The maximum atomic E-state index is 12.6. The van der Waals surface area contributed by atoms with E-state index in [1.165, 1.54) is 24.3 Å². The molecule has 36 heavy (non-hydrogen) atoms. The van der Waals surface area contributed by atoms with Crippen LogP contribution in [0, 0.1) is 0 Å². The first-order valence-corrected chi connectivity index (χ1v) is 12.5. The first-order valence-electron chi connectivity index (χ1n) is 10.8. The van der Waals surface area contributed by atoms with Crippen LogP contribution in [0.15, 0.2) is 81.9 Å². The molecule has 0 spiro atoms. The van der Waals surface area contributed by atoms with E-state index in [2.05, 4.69) is 10.2 Å². The van der Waals surface area contributed by atoms with Gasteiger partial charge in [0.05, 0.1) is 39.8 Å². The smallest absolute Gasteiger partial charge is 0.335 e. The van der Waals surface area contributed by atoms with E-state index in [1.54, 1.807) is 12.1 Å². The van der Waals surface area contributed by atoms with Crippen molar-refractivity contribution in [2.24, 2.45) is 10.2 Å². The van der Waals surface area contributed by atoms with Gasteiger partial charge in [0.15, 0.2) is 9.84 Å². The zero-order valence-corrected chi connectivity index (χ0v) is 20.5. The lowest BCUT2D eigenvalue weighted by Gasteiger charge is -2.11. The molecule has 11 heteroatoms. The van der Waals surface area contributed by atoms with Gasteiger partial charge in [0.2, 0.25) is 0 Å². The van der Waals surface area contributed by atoms with Crippen LogP contribution in [-0.2, 0) is 9.84 Å². The van der Waals surface area contributed by atoms with Crippen LogP contribution in [0.5, 0.6) is 5.75 Å². The Morgan fingerprint density at radius 2 is 1.33 bits per heavy atom. The zero-order chi connectivity index (χ0) is 26.3. The standard InChI is InChI=1S/C25H25N3O7S/c1-28(2)21-8-4-19(5-9-21)26-27-20-6-10-23(11-7-20)36(33,34)13-3-12-35-22-15-17(24(29)30)14-18(16-22)25(31)32/h4-11,14-16H,3,12-13H2,1-2H3,(H,29,30)(H,31,32). The third-order valence-corrected chi connectivity index (χ3v) is 6.89. The summed E-state index contributed by atoms with van der Waals surface area (Å²) in [7, 11) is 0.281. The summed E-state index contributed by atoms with van der Waals surface area (Å²) in [5.41, 5.74) is 1.73. The van der Waals surface area contributed by atoms with Crippen molar-refractivity contribution in [1.82, 2.24) is 0 Å². The van der Waals surface area contributed by atoms with Gasteiger partial charge >= 0.3 is 11.9 Å². The quantitative estimate of drug-likeness (QED) is 0.275. The number of sulfone groups is 1. The van der Waals surface area contributed by atoms with Crippen molar-refractivity contribution in [3.63, 3.8) is 0 Å². The maximum absolute atomic E-state index is 12.6. The van der Waals surface area contributed by atoms with Gasteiger partial charge in [0.25, 0.3) is 0 Å². The third-order valence-electron chi connectivity index (χ3n) is 5.07. The Labute approximate surface area is 208 Å². The summed E-state index contributed by atoms with van der Waals surface area (Å²) in [5.74, 6) is -2.77. The number of nitrogens with zero attached hydrogens (tertiary/aromatic N) is 3. The first kappa shape index (κ1) is 26.4. The Bertz CT molecular complexity index is 1340. The average Bonchev–Trinajstić information content (AvgIpc) is 2.85. The minimum atomic E-state index is -3.60. The molecule has 0 amide bonds. The van der Waals surface area contributed by atoms with Crippen LogP contribution in [0.4, 0.5) is 17.1 Å². The van der Waals surface area contributed by atoms with Crippen LogP contribution >= 0.6 is 0 Å². The summed E-state index contributed by atoms with van der Waals surface area (Å²) in [6.45, 7) is -0.0414. The number of ether oxygens (including phenoxy) is 1. The molecule has 0 bridgehead atoms. The Morgan fingerprint density at radius 3 is 1.81 bits per heavy atom. The normalized spacial score (nSPS) is 11.4. The fraction of sp³-hybridized carbons (Fsp3) is 0.200. The molecule has 0 aliphatic carbocycles. The Balaban J connectivity index is 1.57. The number of rotatable bonds is 11. The van der Waals surface area contributed by atoms with E-state index in [0.717, 1.165) is 11.8 Å². The number of carbonyl (C=O) groups is 2. The zero-order valence-electron chi connectivity index (χ0n) is 19.7. The molecule has 0 atom stereocenters. The first-order chi connectivity index (χ1) is 17.0. The Hall–Kier alpha value is -4.25. The summed E-state index contributed by atoms with van der Waals surface area (Å²) in [5, 5.41) is 26.5. The van der Waals surface area contributed by atoms with Crippen molar-refractivity contribution in [3.8, 4) is 5.75 Å². The van der Waals surface area contributed by atoms with Crippen LogP contribution in [0.1, 0.15) is 27.1 Å². The molecule has 3 aromatic carbocycles. The van der Waals surface area contributed by atoms with E-state index < -0.39 is 21.8 Å². The van der Waals surface area contributed by atoms with Crippen molar-refractivity contribution in [1.29, 1.82) is 0 Å². The van der Waals surface area contributed by atoms with Crippen LogP contribution in [-0.4, -0.2) is 57.0 Å². The van der Waals surface area contributed by atoms with Crippen LogP contribution in [0.25, 0.3) is 0 Å². The number of carboxylic acid groups (broad SMARTS) is 2. The molecular weight excluding hydrogens is 486 g/mol. The second-order valence-corrected chi connectivity index (χ2v) is 10.1. The highest BCUT2D eigenvalue weighted by molar-refractivity contribution is 7.91. The van der Waals surface area contributed by atoms with E-state index in [4.69, 9.17) is 14.9 Å². The van der Waals surface area contributed by atoms with Gasteiger partial charge in [-0.05, 0) is 73.2 Å². The van der Waals surface area contributed by atoms with E-state index >= 15 is 0 Å². The molecule has 0 saturated heterocycles. The van der Waals surface area contributed by atoms with Crippen LogP contribution in [0.3, 0.4) is 0 Å². The summed E-state index contributed by atoms with van der Waals surface area (Å²) < 4.78 is 30.7. The molecule has 3 rings (SSSR count). The van der Waals surface area contributed by atoms with Crippen molar-refractivity contribution in [2.45, 2.75) is 11.3 Å². The molecule has 3 aromatic rings. The number of anilines is 1. The number of hydrogen-bond donors (Lipinski definition) is 2. The summed E-state index contributed by atoms with van der Waals surface area (Å²) in [6, 6.07) is 16.9. The predicted octanol–water partition coefficient (Wildman–Crippen LogP) is 4.81. The molecule has 0 unspecified atom stereocenters. The number of hydrogen-bond acceptors (Lipinski definition) is 8. The number of azo groups is 1. The molecule has 0 aliphatic heterocycles. The second-order valence-electron chi connectivity index (χ2n) is 7.98. The molecule has 0 heterocycles. The van der Waals surface area contributed by atoms with Gasteiger partial charge in [-0.25, -0.2) is 18.0 Å². The Kier molecular flexibility index (Phi) is 8.38. The van der Waals surface area contributed by atoms with Crippen molar-refractivity contribution < 1.29 is 33.0 Å². The van der Waals surface area contributed by atoms with Crippen molar-refractivity contribution in [3.05, 3.63) is 77.9 Å². The number of aromatic carboxylic acids is 2. The molecule has 10 nitrogen and oxygen atoms in total. The largest absolute Gasteiger partial charge is 0.494 e. The highest BCUT2D eigenvalue weighted by atomic mass is 32.2. The van der Waals surface area contributed by atoms with Gasteiger partial charge in [-0.1, -0.05) is 0 Å². The molecular formula is C25H25N3O7S. The molecule has 0 radical (unpaired) electrons. The highest BCUT2D eigenvalue weighted by Crippen LogP contribution is 2.23. The lowest BCUT2D eigenvalue weighted by Crippen LogP contribution is -2.11. The van der Waals surface area contributed by atoms with E-state index in [-0.39, 0.29) is 40.6 Å². The molecule has 2 N–H and O–H groups in total. The van der Waals surface area contributed by atoms with E-state index in [0.29, 0.717) is 11.4 Å². The van der Waals surface area contributed by atoms with Gasteiger partial charge in [0, 0.05) is 19.8 Å². The van der Waals surface area contributed by atoms with Crippen molar-refractivity contribution in [2.75, 3.05) is 31.4 Å². The minimum absolute atomic E-state index is 0.0377. The number of carboxylic acids is 2. The van der Waals surface area contributed by atoms with Gasteiger partial charge in [0.1, 0.15) is 5.75 Å².